The lowest BCUT2D eigenvalue weighted by Gasteiger charge is -2.31. The fourth-order valence-electron chi connectivity index (χ4n) is 3.28. The fourth-order valence-corrected chi connectivity index (χ4v) is 3.28. The Hall–Kier alpha value is -2.74. The minimum atomic E-state index is -1.30. The molecule has 1 aromatic rings. The molecule has 2 aliphatic rings. The van der Waals surface area contributed by atoms with Crippen LogP contribution in [-0.4, -0.2) is 35.1 Å². The topological polar surface area (TPSA) is 92.0 Å². The normalized spacial score (nSPS) is 25.3. The molecule has 0 spiro atoms. The highest BCUT2D eigenvalue weighted by Crippen LogP contribution is 2.22. The first-order chi connectivity index (χ1) is 13.7. The second kappa shape index (κ2) is 8.32. The van der Waals surface area contributed by atoms with Gasteiger partial charge < -0.3 is 27.0 Å². The third kappa shape index (κ3) is 5.20. The predicted octanol–water partition coefficient (Wildman–Crippen LogP) is 2.01. The lowest BCUT2D eigenvalue weighted by molar-refractivity contribution is 0.123. The van der Waals surface area contributed by atoms with Crippen molar-refractivity contribution >= 4 is 5.57 Å². The summed E-state index contributed by atoms with van der Waals surface area (Å²) in [5, 5.41) is 16.9. The molecule has 0 aliphatic carbocycles. The summed E-state index contributed by atoms with van der Waals surface area (Å²) >= 11 is 0. The number of piperidine rings is 1. The number of nitrogens with zero attached hydrogens (tertiary/aromatic N) is 2. The van der Waals surface area contributed by atoms with Crippen LogP contribution in [0.4, 0.5) is 4.39 Å². The average molecular weight is 402 g/mol. The van der Waals surface area contributed by atoms with Crippen LogP contribution in [0, 0.1) is 0 Å². The molecule has 0 radical (unpaired) electrons. The van der Waals surface area contributed by atoms with Gasteiger partial charge in [0.1, 0.15) is 17.2 Å². The lowest BCUT2D eigenvalue weighted by atomic mass is 9.96. The van der Waals surface area contributed by atoms with Gasteiger partial charge in [0, 0.05) is 30.7 Å². The first kappa shape index (κ1) is 21.0. The Balaban J connectivity index is 1.76. The Morgan fingerprint density at radius 3 is 2.83 bits per heavy atom. The van der Waals surface area contributed by atoms with E-state index < -0.39 is 5.67 Å². The standard InChI is InChI=1S/C21H32FN7/c1-15(16-11-28-29(12-16)20(2,3)4)10-17-18(26-9-8-25-17)19(23)27-14-21(22)6-5-7-24-13-21/h8-12,24-27H,1,5-7,13-14,23H2,2-4H3/b17-10+,19-18-/t21-/m0/s1. The van der Waals surface area contributed by atoms with Crippen LogP contribution in [0.2, 0.25) is 0 Å². The van der Waals surface area contributed by atoms with E-state index in [1.807, 2.05) is 17.0 Å². The molecule has 8 heteroatoms. The number of nitrogens with one attached hydrogen (secondary N) is 4. The summed E-state index contributed by atoms with van der Waals surface area (Å²) in [4.78, 5) is 0. The van der Waals surface area contributed by atoms with Gasteiger partial charge in [0.15, 0.2) is 0 Å². The zero-order valence-corrected chi connectivity index (χ0v) is 17.5. The molecule has 6 N–H and O–H groups in total. The summed E-state index contributed by atoms with van der Waals surface area (Å²) < 4.78 is 16.7. The molecule has 1 fully saturated rings. The molecule has 0 saturated carbocycles. The molecule has 0 bridgehead atoms. The fraction of sp³-hybridized carbons (Fsp3) is 0.476. The molecule has 0 amide bonds. The number of hydrogen-bond donors (Lipinski definition) is 5. The van der Waals surface area contributed by atoms with Crippen LogP contribution in [0.1, 0.15) is 39.2 Å². The van der Waals surface area contributed by atoms with Crippen LogP contribution in [0.25, 0.3) is 5.57 Å². The third-order valence-corrected chi connectivity index (χ3v) is 5.06. The molecule has 1 atom stereocenters. The highest BCUT2D eigenvalue weighted by Gasteiger charge is 2.31. The highest BCUT2D eigenvalue weighted by molar-refractivity contribution is 5.73. The van der Waals surface area contributed by atoms with Gasteiger partial charge in [0.05, 0.1) is 24.0 Å². The zero-order valence-electron chi connectivity index (χ0n) is 17.5. The SMILES string of the molecule is C=C(/C=C1/NC=CN/C1=C(/N)NC[C@]1(F)CCCNC1)c1cnn(C(C)(C)C)c1. The number of alkyl halides is 1. The van der Waals surface area contributed by atoms with Gasteiger partial charge in [-0.05, 0) is 51.8 Å². The molecule has 29 heavy (non-hydrogen) atoms. The minimum absolute atomic E-state index is 0.102. The Morgan fingerprint density at radius 1 is 1.41 bits per heavy atom. The molecule has 3 rings (SSSR count). The number of aromatic nitrogens is 2. The summed E-state index contributed by atoms with van der Waals surface area (Å²) in [5.41, 5.74) is 7.98. The van der Waals surface area contributed by atoms with E-state index in [1.165, 1.54) is 0 Å². The van der Waals surface area contributed by atoms with E-state index in [-0.39, 0.29) is 12.1 Å². The highest BCUT2D eigenvalue weighted by atomic mass is 19.1. The van der Waals surface area contributed by atoms with Crippen molar-refractivity contribution in [1.82, 2.24) is 31.0 Å². The molecular formula is C21H32FN7. The van der Waals surface area contributed by atoms with E-state index in [0.29, 0.717) is 24.5 Å². The van der Waals surface area contributed by atoms with E-state index >= 15 is 0 Å². The van der Waals surface area contributed by atoms with Crippen molar-refractivity contribution in [2.24, 2.45) is 5.73 Å². The van der Waals surface area contributed by atoms with Crippen LogP contribution in [0.3, 0.4) is 0 Å². The van der Waals surface area contributed by atoms with Gasteiger partial charge in [-0.25, -0.2) is 4.39 Å². The second-order valence-corrected chi connectivity index (χ2v) is 8.62. The summed E-state index contributed by atoms with van der Waals surface area (Å²) in [5.74, 6) is 0.383. The summed E-state index contributed by atoms with van der Waals surface area (Å²) in [6.45, 7) is 11.8. The number of hydrogen-bond acceptors (Lipinski definition) is 6. The zero-order chi connectivity index (χ0) is 21.1. The van der Waals surface area contributed by atoms with Crippen LogP contribution in [0.5, 0.6) is 0 Å². The average Bonchev–Trinajstić information content (AvgIpc) is 3.18. The number of allylic oxidation sites excluding steroid dienone is 2. The maximum Gasteiger partial charge on any atom is 0.140 e. The second-order valence-electron chi connectivity index (χ2n) is 8.62. The van der Waals surface area contributed by atoms with Gasteiger partial charge in [-0.3, -0.25) is 4.68 Å². The van der Waals surface area contributed by atoms with Crippen molar-refractivity contribution in [3.63, 3.8) is 0 Å². The van der Waals surface area contributed by atoms with Gasteiger partial charge in [-0.1, -0.05) is 6.58 Å². The third-order valence-electron chi connectivity index (χ3n) is 5.06. The van der Waals surface area contributed by atoms with Crippen molar-refractivity contribution in [3.8, 4) is 0 Å². The summed E-state index contributed by atoms with van der Waals surface area (Å²) in [6.07, 6.45) is 10.5. The number of halogens is 1. The van der Waals surface area contributed by atoms with Crippen LogP contribution in [-0.2, 0) is 5.54 Å². The van der Waals surface area contributed by atoms with Crippen molar-refractivity contribution in [3.05, 3.63) is 60.2 Å². The van der Waals surface area contributed by atoms with Crippen molar-refractivity contribution < 1.29 is 4.39 Å². The Labute approximate surface area is 172 Å². The van der Waals surface area contributed by atoms with Crippen LogP contribution >= 0.6 is 0 Å². The molecule has 3 heterocycles. The van der Waals surface area contributed by atoms with Crippen LogP contribution in [0.15, 0.2) is 54.7 Å². The summed E-state index contributed by atoms with van der Waals surface area (Å²) in [6, 6.07) is 0. The maximum absolute atomic E-state index is 14.8. The first-order valence-corrected chi connectivity index (χ1v) is 9.96. The quantitative estimate of drug-likeness (QED) is 0.518. The maximum atomic E-state index is 14.8. The minimum Gasteiger partial charge on any atom is -0.384 e. The van der Waals surface area contributed by atoms with Crippen molar-refractivity contribution in [2.75, 3.05) is 19.6 Å². The largest absolute Gasteiger partial charge is 0.384 e. The predicted molar refractivity (Wildman–Crippen MR) is 115 cm³/mol. The van der Waals surface area contributed by atoms with Crippen LogP contribution < -0.4 is 27.0 Å². The lowest BCUT2D eigenvalue weighted by Crippen LogP contribution is -2.49. The van der Waals surface area contributed by atoms with Crippen molar-refractivity contribution in [2.45, 2.75) is 44.8 Å². The monoisotopic (exact) mass is 401 g/mol. The molecule has 1 aromatic heterocycles. The molecule has 0 unspecified atom stereocenters. The number of rotatable bonds is 5. The Kier molecular flexibility index (Phi) is 6.02. The molecule has 2 aliphatic heterocycles. The molecular weight excluding hydrogens is 369 g/mol. The molecule has 158 valence electrons. The van der Waals surface area contributed by atoms with Gasteiger partial charge in [0.25, 0.3) is 0 Å². The smallest absolute Gasteiger partial charge is 0.140 e. The molecule has 1 saturated heterocycles. The van der Waals surface area contributed by atoms with Gasteiger partial charge in [-0.2, -0.15) is 5.10 Å². The molecule has 0 aromatic carbocycles. The molecule has 7 nitrogen and oxygen atoms in total. The van der Waals surface area contributed by atoms with E-state index in [9.17, 15) is 4.39 Å². The van der Waals surface area contributed by atoms with Gasteiger partial charge in [0.2, 0.25) is 0 Å². The Morgan fingerprint density at radius 2 is 2.17 bits per heavy atom. The van der Waals surface area contributed by atoms with E-state index in [0.717, 1.165) is 29.8 Å². The first-order valence-electron chi connectivity index (χ1n) is 9.96. The van der Waals surface area contributed by atoms with E-state index in [4.69, 9.17) is 5.73 Å². The van der Waals surface area contributed by atoms with Gasteiger partial charge >= 0.3 is 0 Å². The van der Waals surface area contributed by atoms with E-state index in [1.54, 1.807) is 18.6 Å². The van der Waals surface area contributed by atoms with Gasteiger partial charge in [-0.15, -0.1) is 0 Å². The number of nitrogens with two attached hydrogens (primary N) is 1. The summed E-state index contributed by atoms with van der Waals surface area (Å²) in [7, 11) is 0. The Bertz CT molecular complexity index is 835. The van der Waals surface area contributed by atoms with E-state index in [2.05, 4.69) is 53.7 Å². The van der Waals surface area contributed by atoms with Crippen molar-refractivity contribution in [1.29, 1.82) is 0 Å².